The molecule has 0 spiro atoms. The van der Waals surface area contributed by atoms with E-state index in [1.807, 2.05) is 6.92 Å². The summed E-state index contributed by atoms with van der Waals surface area (Å²) in [6.07, 6.45) is 7.93. The van der Waals surface area contributed by atoms with E-state index >= 15 is 0 Å². The van der Waals surface area contributed by atoms with E-state index in [2.05, 4.69) is 20.1 Å². The lowest BCUT2D eigenvalue weighted by atomic mass is 9.80. The van der Waals surface area contributed by atoms with Gasteiger partial charge in [-0.3, -0.25) is 4.79 Å². The molecule has 2 heterocycles. The van der Waals surface area contributed by atoms with Gasteiger partial charge in [0.15, 0.2) is 5.82 Å². The van der Waals surface area contributed by atoms with Gasteiger partial charge in [-0.15, -0.1) is 10.2 Å². The largest absolute Gasteiger partial charge is 0.346 e. The van der Waals surface area contributed by atoms with Crippen molar-refractivity contribution < 1.29 is 4.79 Å². The SMILES string of the molecule is CC(NC(=O)CC1(N)CCCCC1)c1nnc2n1CCC2. The van der Waals surface area contributed by atoms with Crippen molar-refractivity contribution in [1.82, 2.24) is 20.1 Å². The van der Waals surface area contributed by atoms with Crippen LogP contribution in [0.5, 0.6) is 0 Å². The molecule has 0 radical (unpaired) electrons. The van der Waals surface area contributed by atoms with Crippen LogP contribution in [-0.2, 0) is 17.8 Å². The second-order valence-corrected chi connectivity index (χ2v) is 6.62. The Kier molecular flexibility index (Phi) is 3.97. The molecule has 0 aromatic carbocycles. The third-order valence-electron chi connectivity index (χ3n) is 4.76. The van der Waals surface area contributed by atoms with Gasteiger partial charge in [0, 0.05) is 24.9 Å². The molecule has 1 fully saturated rings. The Labute approximate surface area is 125 Å². The average molecular weight is 291 g/mol. The summed E-state index contributed by atoms with van der Waals surface area (Å²) in [5.74, 6) is 1.93. The van der Waals surface area contributed by atoms with Crippen LogP contribution in [0.3, 0.4) is 0 Å². The van der Waals surface area contributed by atoms with E-state index in [1.54, 1.807) is 0 Å². The van der Waals surface area contributed by atoms with Crippen LogP contribution < -0.4 is 11.1 Å². The Balaban J connectivity index is 1.59. The van der Waals surface area contributed by atoms with E-state index in [9.17, 15) is 4.79 Å². The molecule has 1 atom stereocenters. The molecule has 1 amide bonds. The van der Waals surface area contributed by atoms with Crippen LogP contribution in [0.1, 0.15) is 69.6 Å². The Morgan fingerprint density at radius 2 is 2.10 bits per heavy atom. The maximum atomic E-state index is 12.3. The lowest BCUT2D eigenvalue weighted by Gasteiger charge is -2.33. The van der Waals surface area contributed by atoms with E-state index < -0.39 is 0 Å². The van der Waals surface area contributed by atoms with Crippen LogP contribution in [-0.4, -0.2) is 26.2 Å². The highest BCUT2D eigenvalue weighted by atomic mass is 16.1. The minimum absolute atomic E-state index is 0.0299. The number of nitrogens with zero attached hydrogens (tertiary/aromatic N) is 3. The Bertz CT molecular complexity index is 518. The summed E-state index contributed by atoms with van der Waals surface area (Å²) in [7, 11) is 0. The summed E-state index contributed by atoms with van der Waals surface area (Å²) in [5, 5.41) is 11.5. The second-order valence-electron chi connectivity index (χ2n) is 6.62. The van der Waals surface area contributed by atoms with Gasteiger partial charge >= 0.3 is 0 Å². The summed E-state index contributed by atoms with van der Waals surface area (Å²) >= 11 is 0. The fourth-order valence-corrected chi connectivity index (χ4v) is 3.60. The molecule has 1 aromatic rings. The molecule has 21 heavy (non-hydrogen) atoms. The predicted octanol–water partition coefficient (Wildman–Crippen LogP) is 1.45. The lowest BCUT2D eigenvalue weighted by molar-refractivity contribution is -0.123. The number of nitrogens with one attached hydrogen (secondary N) is 1. The molecule has 6 nitrogen and oxygen atoms in total. The first-order valence-electron chi connectivity index (χ1n) is 8.08. The van der Waals surface area contributed by atoms with Gasteiger partial charge in [0.2, 0.25) is 5.91 Å². The molecule has 0 saturated heterocycles. The number of aromatic nitrogens is 3. The van der Waals surface area contributed by atoms with Crippen molar-refractivity contribution in [3.05, 3.63) is 11.6 Å². The van der Waals surface area contributed by atoms with Crippen LogP contribution in [0.25, 0.3) is 0 Å². The van der Waals surface area contributed by atoms with Crippen molar-refractivity contribution >= 4 is 5.91 Å². The van der Waals surface area contributed by atoms with E-state index in [-0.39, 0.29) is 17.5 Å². The highest BCUT2D eigenvalue weighted by Gasteiger charge is 2.31. The molecule has 0 bridgehead atoms. The third kappa shape index (κ3) is 3.10. The molecule has 2 aliphatic rings. The zero-order valence-corrected chi connectivity index (χ0v) is 12.8. The van der Waals surface area contributed by atoms with Gasteiger partial charge in [-0.1, -0.05) is 19.3 Å². The number of carbonyl (C=O) groups excluding carboxylic acids is 1. The first-order valence-corrected chi connectivity index (χ1v) is 8.08. The molecule has 3 rings (SSSR count). The number of amides is 1. The summed E-state index contributed by atoms with van der Waals surface area (Å²) in [6, 6.07) is -0.107. The highest BCUT2D eigenvalue weighted by Crippen LogP contribution is 2.29. The smallest absolute Gasteiger partial charge is 0.222 e. The number of fused-ring (bicyclic) bond motifs is 1. The first-order chi connectivity index (χ1) is 10.1. The number of aryl methyl sites for hydroxylation is 1. The normalized spacial score (nSPS) is 21.8. The molecule has 1 aromatic heterocycles. The maximum Gasteiger partial charge on any atom is 0.222 e. The van der Waals surface area contributed by atoms with Crippen molar-refractivity contribution in [1.29, 1.82) is 0 Å². The topological polar surface area (TPSA) is 85.8 Å². The average Bonchev–Trinajstić information content (AvgIpc) is 3.00. The van der Waals surface area contributed by atoms with Crippen molar-refractivity contribution in [3.8, 4) is 0 Å². The molecule has 1 unspecified atom stereocenters. The third-order valence-corrected chi connectivity index (χ3v) is 4.76. The summed E-state index contributed by atoms with van der Waals surface area (Å²) in [5.41, 5.74) is 6.04. The first kappa shape index (κ1) is 14.5. The van der Waals surface area contributed by atoms with E-state index in [4.69, 9.17) is 5.73 Å². The number of hydrogen-bond donors (Lipinski definition) is 2. The number of nitrogens with two attached hydrogens (primary N) is 1. The minimum atomic E-state index is -0.311. The van der Waals surface area contributed by atoms with Crippen LogP contribution >= 0.6 is 0 Å². The van der Waals surface area contributed by atoms with E-state index in [1.165, 1.54) is 6.42 Å². The second kappa shape index (κ2) is 5.75. The highest BCUT2D eigenvalue weighted by molar-refractivity contribution is 5.77. The zero-order chi connectivity index (χ0) is 14.9. The summed E-state index contributed by atoms with van der Waals surface area (Å²) < 4.78 is 2.13. The van der Waals surface area contributed by atoms with Gasteiger partial charge in [0.05, 0.1) is 6.04 Å². The monoisotopic (exact) mass is 291 g/mol. The van der Waals surface area contributed by atoms with Crippen molar-refractivity contribution in [3.63, 3.8) is 0 Å². The maximum absolute atomic E-state index is 12.3. The van der Waals surface area contributed by atoms with Gasteiger partial charge in [0.25, 0.3) is 0 Å². The summed E-state index contributed by atoms with van der Waals surface area (Å²) in [4.78, 5) is 12.3. The van der Waals surface area contributed by atoms with E-state index in [0.717, 1.165) is 56.7 Å². The number of carbonyl (C=O) groups is 1. The zero-order valence-electron chi connectivity index (χ0n) is 12.8. The number of hydrogen-bond acceptors (Lipinski definition) is 4. The summed E-state index contributed by atoms with van der Waals surface area (Å²) in [6.45, 7) is 2.93. The predicted molar refractivity (Wildman–Crippen MR) is 79.5 cm³/mol. The Morgan fingerprint density at radius 1 is 1.33 bits per heavy atom. The van der Waals surface area contributed by atoms with Crippen LogP contribution in [0.15, 0.2) is 0 Å². The van der Waals surface area contributed by atoms with Gasteiger partial charge in [-0.25, -0.2) is 0 Å². The quantitative estimate of drug-likeness (QED) is 0.879. The Hall–Kier alpha value is -1.43. The molecule has 116 valence electrons. The van der Waals surface area contributed by atoms with E-state index in [0.29, 0.717) is 6.42 Å². The fraction of sp³-hybridized carbons (Fsp3) is 0.800. The van der Waals surface area contributed by atoms with Crippen LogP contribution in [0.4, 0.5) is 0 Å². The number of rotatable bonds is 4. The standard InChI is InChI=1S/C15H25N5O/c1-11(14-19-18-12-6-5-9-20(12)14)17-13(21)10-15(16)7-3-2-4-8-15/h11H,2-10,16H2,1H3,(H,17,21). The van der Waals surface area contributed by atoms with Gasteiger partial charge in [-0.05, 0) is 26.2 Å². The van der Waals surface area contributed by atoms with Gasteiger partial charge < -0.3 is 15.6 Å². The fourth-order valence-electron chi connectivity index (χ4n) is 3.60. The van der Waals surface area contributed by atoms with Gasteiger partial charge in [-0.2, -0.15) is 0 Å². The lowest BCUT2D eigenvalue weighted by Crippen LogP contribution is -2.46. The van der Waals surface area contributed by atoms with Crippen molar-refractivity contribution in [2.45, 2.75) is 76.4 Å². The Morgan fingerprint density at radius 3 is 2.86 bits per heavy atom. The van der Waals surface area contributed by atoms with Gasteiger partial charge in [0.1, 0.15) is 5.82 Å². The van der Waals surface area contributed by atoms with Crippen molar-refractivity contribution in [2.75, 3.05) is 0 Å². The van der Waals surface area contributed by atoms with Crippen LogP contribution in [0.2, 0.25) is 0 Å². The molecule has 1 aliphatic carbocycles. The molecule has 3 N–H and O–H groups in total. The van der Waals surface area contributed by atoms with Crippen molar-refractivity contribution in [2.24, 2.45) is 5.73 Å². The molecular formula is C15H25N5O. The molecular weight excluding hydrogens is 266 g/mol. The minimum Gasteiger partial charge on any atom is -0.346 e. The van der Waals surface area contributed by atoms with Crippen LogP contribution in [0, 0.1) is 0 Å². The molecule has 6 heteroatoms. The molecule has 1 saturated carbocycles. The molecule has 1 aliphatic heterocycles.